The molecule has 23 heavy (non-hydrogen) atoms. The molecule has 1 heterocycles. The number of piperidine rings is 1. The maximum atomic E-state index is 13.0. The lowest BCUT2D eigenvalue weighted by Gasteiger charge is -2.37. The van der Waals surface area contributed by atoms with E-state index in [4.69, 9.17) is 0 Å². The summed E-state index contributed by atoms with van der Waals surface area (Å²) < 4.78 is 23.4. The second-order valence-corrected chi connectivity index (χ2v) is 8.55. The minimum atomic E-state index is -3.49. The van der Waals surface area contributed by atoms with E-state index in [1.54, 1.807) is 7.05 Å². The molecule has 1 aliphatic rings. The molecule has 1 aromatic rings. The van der Waals surface area contributed by atoms with E-state index in [9.17, 15) is 13.2 Å². The molecule has 2 rings (SSSR count). The Hall–Kier alpha value is -1.11. The van der Waals surface area contributed by atoms with E-state index in [0.717, 1.165) is 16.8 Å². The molecule has 0 aromatic heterocycles. The van der Waals surface area contributed by atoms with Crippen molar-refractivity contribution >= 4 is 33.8 Å². The maximum absolute atomic E-state index is 13.0. The third kappa shape index (κ3) is 3.87. The predicted octanol–water partition coefficient (Wildman–Crippen LogP) is 1.85. The van der Waals surface area contributed by atoms with Crippen LogP contribution in [0, 0.1) is 13.8 Å². The van der Waals surface area contributed by atoms with Crippen LogP contribution < -0.4 is 10.2 Å². The summed E-state index contributed by atoms with van der Waals surface area (Å²) in [7, 11) is -1.83. The van der Waals surface area contributed by atoms with Crippen molar-refractivity contribution in [3.8, 4) is 0 Å². The zero-order chi connectivity index (χ0) is 16.5. The number of nitrogens with zero attached hydrogens (tertiary/aromatic N) is 1. The Labute approximate surface area is 144 Å². The van der Waals surface area contributed by atoms with Gasteiger partial charge in [0, 0.05) is 19.0 Å². The number of hydrogen-bond donors (Lipinski definition) is 1. The molecule has 1 saturated heterocycles. The molecule has 0 bridgehead atoms. The van der Waals surface area contributed by atoms with Crippen molar-refractivity contribution in [3.63, 3.8) is 0 Å². The molecule has 130 valence electrons. The summed E-state index contributed by atoms with van der Waals surface area (Å²) in [4.78, 5) is 14.5. The number of hydrogen-bond acceptors (Lipinski definition) is 4. The van der Waals surface area contributed by atoms with Gasteiger partial charge in [-0.15, -0.1) is 12.4 Å². The summed E-state index contributed by atoms with van der Waals surface area (Å²) in [5, 5.41) is 3.13. The van der Waals surface area contributed by atoms with E-state index in [0.29, 0.717) is 25.9 Å². The Morgan fingerprint density at radius 3 is 2.04 bits per heavy atom. The number of carbonyl (C=O) groups excluding carboxylic acids is 1. The largest absolute Gasteiger partial charge is 0.317 e. The molecule has 0 unspecified atom stereocenters. The molecule has 5 nitrogen and oxygen atoms in total. The molecule has 1 N–H and O–H groups in total. The predicted molar refractivity (Wildman–Crippen MR) is 96.3 cm³/mol. The summed E-state index contributed by atoms with van der Waals surface area (Å²) >= 11 is 0. The van der Waals surface area contributed by atoms with Crippen LogP contribution in [-0.4, -0.2) is 45.5 Å². The lowest BCUT2D eigenvalue weighted by molar-refractivity contribution is -0.121. The van der Waals surface area contributed by atoms with Gasteiger partial charge in [-0.2, -0.15) is 0 Å². The van der Waals surface area contributed by atoms with E-state index in [-0.39, 0.29) is 18.3 Å². The Kier molecular flexibility index (Phi) is 6.24. The summed E-state index contributed by atoms with van der Waals surface area (Å²) in [5.74, 6) is -0.332. The van der Waals surface area contributed by atoms with Crippen molar-refractivity contribution in [2.45, 2.75) is 31.4 Å². The zero-order valence-electron chi connectivity index (χ0n) is 14.0. The average Bonchev–Trinajstić information content (AvgIpc) is 2.44. The van der Waals surface area contributed by atoms with Gasteiger partial charge in [0.05, 0.1) is 0 Å². The van der Waals surface area contributed by atoms with E-state index in [1.165, 1.54) is 11.2 Å². The molecule has 0 saturated carbocycles. The van der Waals surface area contributed by atoms with Crippen LogP contribution in [0.1, 0.15) is 24.0 Å². The van der Waals surface area contributed by atoms with Gasteiger partial charge in [0.15, 0.2) is 14.6 Å². The Morgan fingerprint density at radius 1 is 1.13 bits per heavy atom. The molecule has 1 amide bonds. The number of sulfone groups is 1. The quantitative estimate of drug-likeness (QED) is 0.893. The second kappa shape index (κ2) is 7.20. The van der Waals surface area contributed by atoms with E-state index in [2.05, 4.69) is 5.32 Å². The normalized spacial score (nSPS) is 17.2. The van der Waals surface area contributed by atoms with Crippen LogP contribution in [0.2, 0.25) is 0 Å². The fraction of sp³-hybridized carbons (Fsp3) is 0.562. The smallest absolute Gasteiger partial charge is 0.248 e. The summed E-state index contributed by atoms with van der Waals surface area (Å²) in [6, 6.07) is 5.84. The summed E-state index contributed by atoms with van der Waals surface area (Å²) in [6.45, 7) is 5.01. The van der Waals surface area contributed by atoms with E-state index >= 15 is 0 Å². The molecule has 0 atom stereocenters. The van der Waals surface area contributed by atoms with Gasteiger partial charge in [-0.1, -0.05) is 6.07 Å². The van der Waals surface area contributed by atoms with Crippen LogP contribution in [0.5, 0.6) is 0 Å². The van der Waals surface area contributed by atoms with Gasteiger partial charge in [0.2, 0.25) is 5.91 Å². The first-order valence-corrected chi connectivity index (χ1v) is 9.33. The van der Waals surface area contributed by atoms with Gasteiger partial charge in [0.1, 0.15) is 0 Å². The van der Waals surface area contributed by atoms with Crippen molar-refractivity contribution in [3.05, 3.63) is 29.3 Å². The Bertz CT molecular complexity index is 662. The first-order valence-electron chi connectivity index (χ1n) is 7.44. The van der Waals surface area contributed by atoms with Crippen molar-refractivity contribution < 1.29 is 13.2 Å². The van der Waals surface area contributed by atoms with Crippen molar-refractivity contribution in [1.82, 2.24) is 5.32 Å². The number of rotatable bonds is 3. The fourth-order valence-corrected chi connectivity index (χ4v) is 4.54. The van der Waals surface area contributed by atoms with Gasteiger partial charge >= 0.3 is 0 Å². The van der Waals surface area contributed by atoms with Crippen LogP contribution in [-0.2, 0) is 14.6 Å². The van der Waals surface area contributed by atoms with E-state index < -0.39 is 14.6 Å². The lowest BCUT2D eigenvalue weighted by atomic mass is 9.95. The molecule has 0 radical (unpaired) electrons. The molecule has 0 spiro atoms. The number of amides is 1. The van der Waals surface area contributed by atoms with Gasteiger partial charge < -0.3 is 10.2 Å². The highest BCUT2D eigenvalue weighted by Crippen LogP contribution is 2.32. The first kappa shape index (κ1) is 19.9. The SMILES string of the molecule is Cc1cc(C)cc(N(C)C(=O)C2(S(C)(=O)=O)CCNCC2)c1.Cl. The number of carbonyl (C=O) groups is 1. The highest BCUT2D eigenvalue weighted by Gasteiger charge is 2.50. The molecule has 0 aliphatic carbocycles. The number of anilines is 1. The second-order valence-electron chi connectivity index (χ2n) is 6.23. The van der Waals surface area contributed by atoms with Crippen LogP contribution in [0.25, 0.3) is 0 Å². The van der Waals surface area contributed by atoms with E-state index in [1.807, 2.05) is 32.0 Å². The van der Waals surface area contributed by atoms with Crippen LogP contribution in [0.3, 0.4) is 0 Å². The highest BCUT2D eigenvalue weighted by molar-refractivity contribution is 7.92. The average molecular weight is 361 g/mol. The fourth-order valence-electron chi connectivity index (χ4n) is 3.14. The number of halogens is 1. The lowest BCUT2D eigenvalue weighted by Crippen LogP contribution is -2.57. The maximum Gasteiger partial charge on any atom is 0.248 e. The molecular weight excluding hydrogens is 336 g/mol. The first-order chi connectivity index (χ1) is 10.2. The minimum absolute atomic E-state index is 0. The molecule has 1 aliphatic heterocycles. The van der Waals surface area contributed by atoms with Crippen molar-refractivity contribution in [2.24, 2.45) is 0 Å². The Morgan fingerprint density at radius 2 is 1.61 bits per heavy atom. The standard InChI is InChI=1S/C16H24N2O3S.ClH/c1-12-9-13(2)11-14(10-12)18(3)15(19)16(22(4,20)21)5-7-17-8-6-16;/h9-11,17H,5-8H2,1-4H3;1H. The summed E-state index contributed by atoms with van der Waals surface area (Å²) in [5.41, 5.74) is 2.84. The van der Waals surface area contributed by atoms with Crippen molar-refractivity contribution in [1.29, 1.82) is 0 Å². The van der Waals surface area contributed by atoms with Crippen LogP contribution in [0.4, 0.5) is 5.69 Å². The summed E-state index contributed by atoms with van der Waals surface area (Å²) in [6.07, 6.45) is 1.81. The highest BCUT2D eigenvalue weighted by atomic mass is 35.5. The van der Waals surface area contributed by atoms with Gasteiger partial charge in [0.25, 0.3) is 0 Å². The number of benzene rings is 1. The third-order valence-electron chi connectivity index (χ3n) is 4.41. The third-order valence-corrected chi connectivity index (χ3v) is 6.41. The van der Waals surface area contributed by atoms with Gasteiger partial charge in [-0.05, 0) is 63.0 Å². The topological polar surface area (TPSA) is 66.5 Å². The van der Waals surface area contributed by atoms with Gasteiger partial charge in [-0.3, -0.25) is 4.79 Å². The molecular formula is C16H25ClN2O3S. The number of aryl methyl sites for hydroxylation is 2. The van der Waals surface area contributed by atoms with Crippen LogP contribution >= 0.6 is 12.4 Å². The molecule has 7 heteroatoms. The zero-order valence-corrected chi connectivity index (χ0v) is 15.7. The molecule has 1 fully saturated rings. The van der Waals surface area contributed by atoms with Gasteiger partial charge in [-0.25, -0.2) is 8.42 Å². The Balaban J connectivity index is 0.00000264. The minimum Gasteiger partial charge on any atom is -0.317 e. The van der Waals surface area contributed by atoms with Crippen LogP contribution in [0.15, 0.2) is 18.2 Å². The monoisotopic (exact) mass is 360 g/mol. The molecule has 1 aromatic carbocycles. The number of nitrogens with one attached hydrogen (secondary N) is 1. The van der Waals surface area contributed by atoms with Crippen molar-refractivity contribution in [2.75, 3.05) is 31.3 Å².